The van der Waals surface area contributed by atoms with Crippen molar-refractivity contribution in [3.8, 4) is 0 Å². The minimum absolute atomic E-state index is 0. The number of carbonyl (C=O) groups excluding carboxylic acids is 3. The molecule has 0 aliphatic rings. The van der Waals surface area contributed by atoms with E-state index >= 15 is 0 Å². The number of ether oxygens (including phenoxy) is 3. The first-order chi connectivity index (χ1) is 8.31. The molecule has 0 spiro atoms. The first-order valence-corrected chi connectivity index (χ1v) is 5.71. The van der Waals surface area contributed by atoms with Crippen molar-refractivity contribution in [2.75, 3.05) is 19.8 Å². The van der Waals surface area contributed by atoms with Gasteiger partial charge in [0.15, 0.2) is 0 Å². The van der Waals surface area contributed by atoms with Gasteiger partial charge in [-0.2, -0.15) is 0 Å². The van der Waals surface area contributed by atoms with E-state index in [1.807, 2.05) is 0 Å². The minimum Gasteiger partial charge on any atom is -0.466 e. The highest BCUT2D eigenvalue weighted by molar-refractivity contribution is 5.66. The first-order valence-electron chi connectivity index (χ1n) is 5.71. The Bertz CT molecular complexity index is 193. The van der Waals surface area contributed by atoms with Gasteiger partial charge in [-0.3, -0.25) is 14.4 Å². The molecule has 0 aromatic heterocycles. The number of carbonyl (C=O) groups is 3. The molecule has 148 valence electrons. The van der Waals surface area contributed by atoms with E-state index in [2.05, 4.69) is 14.2 Å². The molecule has 0 rings (SSSR count). The van der Waals surface area contributed by atoms with Crippen LogP contribution in [-0.4, -0.2) is 65.1 Å². The zero-order valence-corrected chi connectivity index (χ0v) is 14.6. The van der Waals surface area contributed by atoms with Crippen molar-refractivity contribution < 1.29 is 56.0 Å². The van der Waals surface area contributed by atoms with E-state index < -0.39 is 0 Å². The van der Waals surface area contributed by atoms with Crippen molar-refractivity contribution in [3.05, 3.63) is 0 Å². The van der Waals surface area contributed by atoms with Crippen molar-refractivity contribution in [2.45, 2.75) is 41.5 Å². The summed E-state index contributed by atoms with van der Waals surface area (Å²) in [6, 6.07) is 0. The van der Waals surface area contributed by atoms with Gasteiger partial charge >= 0.3 is 17.9 Å². The van der Waals surface area contributed by atoms with Crippen molar-refractivity contribution in [3.63, 3.8) is 0 Å². The molecule has 0 amide bonds. The van der Waals surface area contributed by atoms with Crippen LogP contribution in [0.25, 0.3) is 0 Å². The lowest BCUT2D eigenvalue weighted by Gasteiger charge is -1.89. The highest BCUT2D eigenvalue weighted by Gasteiger charge is 1.82. The zero-order valence-electron chi connectivity index (χ0n) is 14.6. The van der Waals surface area contributed by atoms with Crippen molar-refractivity contribution in [1.29, 1.82) is 0 Å². The lowest BCUT2D eigenvalue weighted by atomic mass is 10.8. The van der Waals surface area contributed by atoms with Gasteiger partial charge in [0.05, 0.1) is 19.8 Å². The van der Waals surface area contributed by atoms with Crippen LogP contribution >= 0.6 is 0 Å². The normalized spacial score (nSPS) is 6.00. The van der Waals surface area contributed by atoms with Gasteiger partial charge in [0, 0.05) is 20.8 Å². The van der Waals surface area contributed by atoms with E-state index in [1.165, 1.54) is 20.8 Å². The number of hydrogen-bond donors (Lipinski definition) is 0. The SMILES string of the molecule is CCOC(C)=O.CCOC(C)=O.CCOC(C)=O.O.O.O.O.O. The highest BCUT2D eigenvalue weighted by atomic mass is 16.5. The van der Waals surface area contributed by atoms with Gasteiger partial charge in [-0.05, 0) is 20.8 Å². The van der Waals surface area contributed by atoms with E-state index in [-0.39, 0.29) is 45.3 Å². The maximum atomic E-state index is 9.82. The van der Waals surface area contributed by atoms with Crippen LogP contribution < -0.4 is 0 Å². The molecule has 10 N–H and O–H groups in total. The molecule has 23 heavy (non-hydrogen) atoms. The Morgan fingerprint density at radius 3 is 0.652 bits per heavy atom. The summed E-state index contributed by atoms with van der Waals surface area (Å²) in [4.78, 5) is 29.5. The standard InChI is InChI=1S/3C4H8O2.5H2O/c3*1-3-6-4(2)5;;;;;/h3*3H2,1-2H3;5*1H2. The Labute approximate surface area is 136 Å². The second-order valence-corrected chi connectivity index (χ2v) is 2.77. The zero-order chi connectivity index (χ0) is 15.0. The lowest BCUT2D eigenvalue weighted by molar-refractivity contribution is -0.141. The topological polar surface area (TPSA) is 236 Å². The molecule has 11 nitrogen and oxygen atoms in total. The van der Waals surface area contributed by atoms with Gasteiger partial charge in [-0.25, -0.2) is 0 Å². The average Bonchev–Trinajstić information content (AvgIpc) is 2.18. The van der Waals surface area contributed by atoms with Crippen molar-refractivity contribution >= 4 is 17.9 Å². The molecular formula is C12H34O11. The number of hydrogen-bond acceptors (Lipinski definition) is 6. The van der Waals surface area contributed by atoms with Gasteiger partial charge in [-0.1, -0.05) is 0 Å². The van der Waals surface area contributed by atoms with Crippen LogP contribution in [-0.2, 0) is 28.6 Å². The van der Waals surface area contributed by atoms with Crippen molar-refractivity contribution in [2.24, 2.45) is 0 Å². The van der Waals surface area contributed by atoms with Crippen LogP contribution in [0, 0.1) is 0 Å². The fourth-order valence-electron chi connectivity index (χ4n) is 0.610. The second kappa shape index (κ2) is 42.7. The number of rotatable bonds is 3. The fourth-order valence-corrected chi connectivity index (χ4v) is 0.610. The molecule has 0 saturated carbocycles. The Balaban J connectivity index is -0.0000000221. The summed E-state index contributed by atoms with van der Waals surface area (Å²) in [7, 11) is 0. The van der Waals surface area contributed by atoms with E-state index in [0.717, 1.165) is 0 Å². The van der Waals surface area contributed by atoms with Crippen LogP contribution in [0.5, 0.6) is 0 Å². The highest BCUT2D eigenvalue weighted by Crippen LogP contribution is 1.70. The molecule has 0 fully saturated rings. The Hall–Kier alpha value is -1.79. The van der Waals surface area contributed by atoms with Crippen molar-refractivity contribution in [1.82, 2.24) is 0 Å². The van der Waals surface area contributed by atoms with Crippen LogP contribution in [0.15, 0.2) is 0 Å². The smallest absolute Gasteiger partial charge is 0.302 e. The third-order valence-corrected chi connectivity index (χ3v) is 1.04. The van der Waals surface area contributed by atoms with Crippen LogP contribution in [0.4, 0.5) is 0 Å². The molecule has 0 unspecified atom stereocenters. The molecule has 0 aliphatic heterocycles. The van der Waals surface area contributed by atoms with E-state index in [0.29, 0.717) is 19.8 Å². The summed E-state index contributed by atoms with van der Waals surface area (Å²) in [6.45, 7) is 11.0. The summed E-state index contributed by atoms with van der Waals surface area (Å²) in [5.74, 6) is -0.632. The van der Waals surface area contributed by atoms with E-state index in [4.69, 9.17) is 0 Å². The van der Waals surface area contributed by atoms with E-state index in [1.54, 1.807) is 20.8 Å². The quantitative estimate of drug-likeness (QED) is 0.394. The van der Waals surface area contributed by atoms with Gasteiger partial charge in [0.2, 0.25) is 0 Å². The number of esters is 3. The van der Waals surface area contributed by atoms with Gasteiger partial charge in [-0.15, -0.1) is 0 Å². The third kappa shape index (κ3) is 129. The van der Waals surface area contributed by atoms with Gasteiger partial charge in [0.25, 0.3) is 0 Å². The monoisotopic (exact) mass is 354 g/mol. The molecule has 0 radical (unpaired) electrons. The van der Waals surface area contributed by atoms with Gasteiger partial charge < -0.3 is 41.6 Å². The summed E-state index contributed by atoms with van der Waals surface area (Å²) in [5.41, 5.74) is 0. The van der Waals surface area contributed by atoms with Crippen LogP contribution in [0.1, 0.15) is 41.5 Å². The molecule has 0 aliphatic carbocycles. The minimum atomic E-state index is -0.211. The predicted molar refractivity (Wildman–Crippen MR) is 85.0 cm³/mol. The van der Waals surface area contributed by atoms with Crippen LogP contribution in [0.2, 0.25) is 0 Å². The second-order valence-electron chi connectivity index (χ2n) is 2.77. The summed E-state index contributed by atoms with van der Waals surface area (Å²) in [6.07, 6.45) is 0. The molecule has 11 heteroatoms. The molecule has 0 aromatic rings. The molecule has 0 atom stereocenters. The average molecular weight is 354 g/mol. The molecule has 0 aromatic carbocycles. The lowest BCUT2D eigenvalue weighted by Crippen LogP contribution is -1.95. The first kappa shape index (κ1) is 49.6. The third-order valence-electron chi connectivity index (χ3n) is 1.04. The summed E-state index contributed by atoms with van der Waals surface area (Å²) < 4.78 is 13.2. The largest absolute Gasteiger partial charge is 0.466 e. The molecular weight excluding hydrogens is 320 g/mol. The Morgan fingerprint density at radius 2 is 0.652 bits per heavy atom. The maximum Gasteiger partial charge on any atom is 0.302 e. The van der Waals surface area contributed by atoms with E-state index in [9.17, 15) is 14.4 Å². The molecule has 0 heterocycles. The fraction of sp³-hybridized carbons (Fsp3) is 0.750. The summed E-state index contributed by atoms with van der Waals surface area (Å²) in [5, 5.41) is 0. The molecule has 0 bridgehead atoms. The predicted octanol–water partition coefficient (Wildman–Crippen LogP) is -2.42. The Kier molecular flexibility index (Phi) is 92.2. The van der Waals surface area contributed by atoms with Gasteiger partial charge in [0.1, 0.15) is 0 Å². The van der Waals surface area contributed by atoms with Crippen LogP contribution in [0.3, 0.4) is 0 Å². The molecule has 0 saturated heterocycles. The maximum absolute atomic E-state index is 9.82. The Morgan fingerprint density at radius 1 is 0.522 bits per heavy atom. The summed E-state index contributed by atoms with van der Waals surface area (Å²) >= 11 is 0.